The number of aromatic nitrogens is 2. The molecule has 30 heavy (non-hydrogen) atoms. The first kappa shape index (κ1) is 20.1. The van der Waals surface area contributed by atoms with Crippen LogP contribution >= 0.6 is 23.1 Å². The van der Waals surface area contributed by atoms with Crippen LogP contribution < -0.4 is 10.6 Å². The maximum Gasteiger partial charge on any atom is 0.242 e. The number of benzene rings is 3. The zero-order chi connectivity index (χ0) is 20.8. The van der Waals surface area contributed by atoms with E-state index in [4.69, 9.17) is 0 Å². The summed E-state index contributed by atoms with van der Waals surface area (Å²) in [4.78, 5) is 13.0. The van der Waals surface area contributed by atoms with Crippen molar-refractivity contribution in [3.8, 4) is 0 Å². The molecule has 4 aromatic rings. The van der Waals surface area contributed by atoms with Crippen LogP contribution in [0.25, 0.3) is 0 Å². The Kier molecular flexibility index (Phi) is 6.36. The van der Waals surface area contributed by atoms with Gasteiger partial charge in [0.1, 0.15) is 11.1 Å². The van der Waals surface area contributed by atoms with Gasteiger partial charge in [0.25, 0.3) is 0 Å². The second-order valence-corrected chi connectivity index (χ2v) is 8.60. The summed E-state index contributed by atoms with van der Waals surface area (Å²) in [5.74, 6) is -0.570. The molecule has 0 fully saturated rings. The predicted octanol–water partition coefficient (Wildman–Crippen LogP) is 5.89. The Morgan fingerprint density at radius 3 is 2.23 bits per heavy atom. The van der Waals surface area contributed by atoms with Crippen LogP contribution in [0.4, 0.5) is 20.9 Å². The maximum atomic E-state index is 13.2. The van der Waals surface area contributed by atoms with Crippen molar-refractivity contribution in [1.82, 2.24) is 10.2 Å². The van der Waals surface area contributed by atoms with Crippen molar-refractivity contribution >= 4 is 45.5 Å². The fourth-order valence-electron chi connectivity index (χ4n) is 2.70. The second kappa shape index (κ2) is 9.51. The molecule has 1 aromatic heterocycles. The Hall–Kier alpha value is -3.23. The predicted molar refractivity (Wildman–Crippen MR) is 120 cm³/mol. The lowest BCUT2D eigenvalue weighted by atomic mass is 10.1. The highest BCUT2D eigenvalue weighted by molar-refractivity contribution is 8.02. The number of anilines is 3. The van der Waals surface area contributed by atoms with Gasteiger partial charge in [-0.2, -0.15) is 0 Å². The summed E-state index contributed by atoms with van der Waals surface area (Å²) in [5.41, 5.74) is 2.29. The van der Waals surface area contributed by atoms with Gasteiger partial charge in [-0.3, -0.25) is 4.79 Å². The van der Waals surface area contributed by atoms with Crippen LogP contribution in [-0.4, -0.2) is 16.1 Å². The molecule has 1 atom stereocenters. The lowest BCUT2D eigenvalue weighted by molar-refractivity contribution is -0.115. The van der Waals surface area contributed by atoms with E-state index in [-0.39, 0.29) is 11.7 Å². The summed E-state index contributed by atoms with van der Waals surface area (Å²) < 4.78 is 13.8. The van der Waals surface area contributed by atoms with E-state index in [0.29, 0.717) is 15.2 Å². The van der Waals surface area contributed by atoms with Crippen molar-refractivity contribution in [3.63, 3.8) is 0 Å². The van der Waals surface area contributed by atoms with Gasteiger partial charge in [-0.05, 0) is 42.0 Å². The molecule has 5 nitrogen and oxygen atoms in total. The van der Waals surface area contributed by atoms with Crippen molar-refractivity contribution in [2.75, 3.05) is 10.6 Å². The van der Waals surface area contributed by atoms with Crippen LogP contribution in [0.5, 0.6) is 0 Å². The number of para-hydroxylation sites is 1. The number of hydrogen-bond donors (Lipinski definition) is 2. The first-order valence-electron chi connectivity index (χ1n) is 9.11. The zero-order valence-electron chi connectivity index (χ0n) is 15.7. The van der Waals surface area contributed by atoms with E-state index >= 15 is 0 Å². The molecule has 0 aliphatic rings. The molecule has 1 amide bonds. The summed E-state index contributed by atoms with van der Waals surface area (Å²) >= 11 is 2.70. The standard InChI is InChI=1S/C22H17FN4OS2/c23-16-11-13-18(14-12-16)24-20(28)19(15-7-3-1-4-8-15)29-22-27-26-21(30-22)25-17-9-5-2-6-10-17/h1-14,19H,(H,24,28)(H,25,26). The Labute approximate surface area is 181 Å². The Morgan fingerprint density at radius 2 is 1.53 bits per heavy atom. The minimum absolute atomic E-state index is 0.217. The van der Waals surface area contributed by atoms with Crippen LogP contribution in [0.3, 0.4) is 0 Å². The quantitative estimate of drug-likeness (QED) is 0.354. The summed E-state index contributed by atoms with van der Waals surface area (Å²) in [6.07, 6.45) is 0. The van der Waals surface area contributed by atoms with E-state index in [9.17, 15) is 9.18 Å². The average Bonchev–Trinajstić information content (AvgIpc) is 3.22. The molecule has 0 radical (unpaired) electrons. The van der Waals surface area contributed by atoms with Crippen molar-refractivity contribution in [1.29, 1.82) is 0 Å². The van der Waals surface area contributed by atoms with E-state index < -0.39 is 5.25 Å². The number of carbonyl (C=O) groups excluding carboxylic acids is 1. The van der Waals surface area contributed by atoms with E-state index in [1.807, 2.05) is 60.7 Å². The second-order valence-electron chi connectivity index (χ2n) is 6.27. The van der Waals surface area contributed by atoms with Gasteiger partial charge < -0.3 is 10.6 Å². The van der Waals surface area contributed by atoms with Crippen LogP contribution in [0, 0.1) is 5.82 Å². The molecule has 0 aliphatic carbocycles. The van der Waals surface area contributed by atoms with Gasteiger partial charge in [-0.1, -0.05) is 71.6 Å². The third kappa shape index (κ3) is 5.22. The first-order chi connectivity index (χ1) is 14.7. The number of carbonyl (C=O) groups is 1. The number of halogens is 1. The van der Waals surface area contributed by atoms with Crippen LogP contribution in [0.2, 0.25) is 0 Å². The Balaban J connectivity index is 1.52. The largest absolute Gasteiger partial charge is 0.330 e. The normalized spacial score (nSPS) is 11.6. The minimum atomic E-state index is -0.534. The number of nitrogens with one attached hydrogen (secondary N) is 2. The van der Waals surface area contributed by atoms with Crippen molar-refractivity contribution in [2.24, 2.45) is 0 Å². The highest BCUT2D eigenvalue weighted by Crippen LogP contribution is 2.39. The molecule has 4 rings (SSSR count). The van der Waals surface area contributed by atoms with Gasteiger partial charge in [-0.15, -0.1) is 10.2 Å². The number of thioether (sulfide) groups is 1. The number of hydrogen-bond acceptors (Lipinski definition) is 6. The molecule has 8 heteroatoms. The van der Waals surface area contributed by atoms with Gasteiger partial charge in [-0.25, -0.2) is 4.39 Å². The zero-order valence-corrected chi connectivity index (χ0v) is 17.3. The summed E-state index contributed by atoms with van der Waals surface area (Å²) in [7, 11) is 0. The average molecular weight is 437 g/mol. The molecule has 0 bridgehead atoms. The van der Waals surface area contributed by atoms with E-state index in [2.05, 4.69) is 20.8 Å². The molecule has 0 spiro atoms. The summed E-state index contributed by atoms with van der Waals surface area (Å²) in [5, 5.41) is 14.6. The molecular formula is C22H17FN4OS2. The van der Waals surface area contributed by atoms with Gasteiger partial charge in [0.2, 0.25) is 11.0 Å². The molecule has 1 unspecified atom stereocenters. The monoisotopic (exact) mass is 436 g/mol. The smallest absolute Gasteiger partial charge is 0.242 e. The van der Waals surface area contributed by atoms with E-state index in [1.54, 1.807) is 0 Å². The van der Waals surface area contributed by atoms with E-state index in [1.165, 1.54) is 47.4 Å². The molecular weight excluding hydrogens is 419 g/mol. The van der Waals surface area contributed by atoms with Crippen LogP contribution in [0.1, 0.15) is 10.8 Å². The topological polar surface area (TPSA) is 66.9 Å². The lowest BCUT2D eigenvalue weighted by Crippen LogP contribution is -2.19. The molecule has 150 valence electrons. The van der Waals surface area contributed by atoms with E-state index in [0.717, 1.165) is 11.3 Å². The molecule has 0 aliphatic heterocycles. The first-order valence-corrected chi connectivity index (χ1v) is 10.8. The number of nitrogens with zero attached hydrogens (tertiary/aromatic N) is 2. The molecule has 1 heterocycles. The fourth-order valence-corrected chi connectivity index (χ4v) is 4.66. The molecule has 2 N–H and O–H groups in total. The van der Waals surface area contributed by atoms with Crippen LogP contribution in [0.15, 0.2) is 89.3 Å². The summed E-state index contributed by atoms with van der Waals surface area (Å²) in [6, 6.07) is 24.8. The van der Waals surface area contributed by atoms with Gasteiger partial charge in [0.15, 0.2) is 4.34 Å². The number of amides is 1. The SMILES string of the molecule is O=C(Nc1ccc(F)cc1)C(Sc1nnc(Nc2ccccc2)s1)c1ccccc1. The van der Waals surface area contributed by atoms with Crippen LogP contribution in [-0.2, 0) is 4.79 Å². The Bertz CT molecular complexity index is 1100. The highest BCUT2D eigenvalue weighted by atomic mass is 32.2. The molecule has 0 saturated carbocycles. The lowest BCUT2D eigenvalue weighted by Gasteiger charge is -2.15. The molecule has 3 aromatic carbocycles. The van der Waals surface area contributed by atoms with Gasteiger partial charge in [0.05, 0.1) is 0 Å². The maximum absolute atomic E-state index is 13.2. The molecule has 0 saturated heterocycles. The van der Waals surface area contributed by atoms with Gasteiger partial charge in [0, 0.05) is 11.4 Å². The number of rotatable bonds is 7. The Morgan fingerprint density at radius 1 is 0.867 bits per heavy atom. The third-order valence-corrected chi connectivity index (χ3v) is 6.28. The van der Waals surface area contributed by atoms with Crippen molar-refractivity contribution in [2.45, 2.75) is 9.59 Å². The highest BCUT2D eigenvalue weighted by Gasteiger charge is 2.24. The minimum Gasteiger partial charge on any atom is -0.330 e. The van der Waals surface area contributed by atoms with Crippen molar-refractivity contribution in [3.05, 3.63) is 96.3 Å². The van der Waals surface area contributed by atoms with Gasteiger partial charge >= 0.3 is 0 Å². The fraction of sp³-hybridized carbons (Fsp3) is 0.0455. The third-order valence-electron chi connectivity index (χ3n) is 4.10. The summed E-state index contributed by atoms with van der Waals surface area (Å²) in [6.45, 7) is 0. The van der Waals surface area contributed by atoms with Crippen molar-refractivity contribution < 1.29 is 9.18 Å².